The average Bonchev–Trinajstić information content (AvgIpc) is 2.46. The second-order valence-corrected chi connectivity index (χ2v) is 5.68. The number of nitrogens with zero attached hydrogens (tertiary/aromatic N) is 1. The molecule has 106 valence electrons. The van der Waals surface area contributed by atoms with Gasteiger partial charge in [-0.15, -0.1) is 0 Å². The zero-order valence-corrected chi connectivity index (χ0v) is 12.3. The summed E-state index contributed by atoms with van der Waals surface area (Å²) in [6.07, 6.45) is 3.75. The smallest absolute Gasteiger partial charge is 0.0698 e. The largest absolute Gasteiger partial charge is 0.380 e. The van der Waals surface area contributed by atoms with Crippen LogP contribution in [0.25, 0.3) is 0 Å². The summed E-state index contributed by atoms with van der Waals surface area (Å²) in [5, 5.41) is 0.759. The molecule has 2 unspecified atom stereocenters. The Morgan fingerprint density at radius 1 is 1.42 bits per heavy atom. The standard InChI is InChI=1S/C15H23ClN2O/c1-19-14-3-2-9-18(11-14)10-8-15(17)12-4-6-13(16)7-5-12/h4-7,14-15H,2-3,8-11,17H2,1H3. The molecule has 1 aliphatic heterocycles. The molecule has 0 spiro atoms. The van der Waals surface area contributed by atoms with Crippen LogP contribution in [0.15, 0.2) is 24.3 Å². The van der Waals surface area contributed by atoms with Crippen molar-refractivity contribution in [1.82, 2.24) is 4.90 Å². The number of likely N-dealkylation sites (tertiary alicyclic amines) is 1. The van der Waals surface area contributed by atoms with Crippen molar-refractivity contribution >= 4 is 11.6 Å². The molecule has 1 aromatic carbocycles. The zero-order valence-electron chi connectivity index (χ0n) is 11.5. The minimum absolute atomic E-state index is 0.0835. The second-order valence-electron chi connectivity index (χ2n) is 5.25. The Morgan fingerprint density at radius 2 is 2.16 bits per heavy atom. The molecule has 0 bridgehead atoms. The first kappa shape index (κ1) is 14.8. The third-order valence-corrected chi connectivity index (χ3v) is 4.10. The van der Waals surface area contributed by atoms with Crippen LogP contribution in [0.3, 0.4) is 0 Å². The van der Waals surface area contributed by atoms with Crippen molar-refractivity contribution in [3.63, 3.8) is 0 Å². The van der Waals surface area contributed by atoms with Crippen molar-refractivity contribution in [2.45, 2.75) is 31.4 Å². The third kappa shape index (κ3) is 4.46. The number of ether oxygens (including phenoxy) is 1. The topological polar surface area (TPSA) is 38.5 Å². The number of halogens is 1. The van der Waals surface area contributed by atoms with Crippen molar-refractivity contribution in [2.75, 3.05) is 26.7 Å². The van der Waals surface area contributed by atoms with E-state index in [1.165, 1.54) is 12.8 Å². The number of benzene rings is 1. The van der Waals surface area contributed by atoms with E-state index < -0.39 is 0 Å². The zero-order chi connectivity index (χ0) is 13.7. The summed E-state index contributed by atoms with van der Waals surface area (Å²) >= 11 is 5.88. The molecule has 0 amide bonds. The lowest BCUT2D eigenvalue weighted by Gasteiger charge is -2.32. The van der Waals surface area contributed by atoms with Crippen LogP contribution in [-0.4, -0.2) is 37.7 Å². The van der Waals surface area contributed by atoms with Crippen LogP contribution in [0.1, 0.15) is 30.9 Å². The fraction of sp³-hybridized carbons (Fsp3) is 0.600. The Labute approximate surface area is 120 Å². The Bertz CT molecular complexity index is 382. The van der Waals surface area contributed by atoms with E-state index in [-0.39, 0.29) is 6.04 Å². The molecule has 0 saturated carbocycles. The molecule has 0 radical (unpaired) electrons. The molecule has 1 heterocycles. The predicted molar refractivity (Wildman–Crippen MR) is 79.5 cm³/mol. The van der Waals surface area contributed by atoms with Gasteiger partial charge in [-0.05, 0) is 43.5 Å². The van der Waals surface area contributed by atoms with E-state index in [4.69, 9.17) is 22.1 Å². The molecular formula is C15H23ClN2O. The van der Waals surface area contributed by atoms with Crippen molar-refractivity contribution < 1.29 is 4.74 Å². The van der Waals surface area contributed by atoms with Crippen molar-refractivity contribution in [3.8, 4) is 0 Å². The number of rotatable bonds is 5. The normalized spacial score (nSPS) is 22.4. The molecule has 0 aliphatic carbocycles. The fourth-order valence-electron chi connectivity index (χ4n) is 2.61. The Hall–Kier alpha value is -0.610. The highest BCUT2D eigenvalue weighted by molar-refractivity contribution is 6.30. The van der Waals surface area contributed by atoms with Gasteiger partial charge in [0.1, 0.15) is 0 Å². The molecule has 1 fully saturated rings. The summed E-state index contributed by atoms with van der Waals surface area (Å²) in [7, 11) is 1.80. The number of piperidine rings is 1. The summed E-state index contributed by atoms with van der Waals surface area (Å²) in [4.78, 5) is 2.45. The highest BCUT2D eigenvalue weighted by Gasteiger charge is 2.19. The Balaban J connectivity index is 1.79. The molecule has 2 atom stereocenters. The van der Waals surface area contributed by atoms with E-state index in [1.54, 1.807) is 7.11 Å². The van der Waals surface area contributed by atoms with Gasteiger partial charge in [-0.25, -0.2) is 0 Å². The molecule has 3 nitrogen and oxygen atoms in total. The average molecular weight is 283 g/mol. The van der Waals surface area contributed by atoms with Gasteiger partial charge < -0.3 is 15.4 Å². The minimum atomic E-state index is 0.0835. The Morgan fingerprint density at radius 3 is 2.84 bits per heavy atom. The lowest BCUT2D eigenvalue weighted by Crippen LogP contribution is -2.40. The first-order valence-electron chi connectivity index (χ1n) is 6.95. The molecule has 0 aromatic heterocycles. The first-order chi connectivity index (χ1) is 9.19. The number of hydrogen-bond donors (Lipinski definition) is 1. The van der Waals surface area contributed by atoms with Crippen LogP contribution in [0.4, 0.5) is 0 Å². The number of hydrogen-bond acceptors (Lipinski definition) is 3. The number of methoxy groups -OCH3 is 1. The van der Waals surface area contributed by atoms with Gasteiger partial charge in [0, 0.05) is 31.3 Å². The van der Waals surface area contributed by atoms with Gasteiger partial charge in [0.15, 0.2) is 0 Å². The highest BCUT2D eigenvalue weighted by Crippen LogP contribution is 2.19. The monoisotopic (exact) mass is 282 g/mol. The molecule has 2 N–H and O–H groups in total. The summed E-state index contributed by atoms with van der Waals surface area (Å²) in [6, 6.07) is 7.92. The van der Waals surface area contributed by atoms with Crippen molar-refractivity contribution in [3.05, 3.63) is 34.9 Å². The third-order valence-electron chi connectivity index (χ3n) is 3.85. The van der Waals surface area contributed by atoms with Gasteiger partial charge in [-0.3, -0.25) is 0 Å². The maximum atomic E-state index is 6.23. The fourth-order valence-corrected chi connectivity index (χ4v) is 2.73. The summed E-state index contributed by atoms with van der Waals surface area (Å²) in [5.41, 5.74) is 7.39. The van der Waals surface area contributed by atoms with E-state index in [9.17, 15) is 0 Å². The van der Waals surface area contributed by atoms with Crippen LogP contribution in [-0.2, 0) is 4.74 Å². The summed E-state index contributed by atoms with van der Waals surface area (Å²) in [6.45, 7) is 3.22. The van der Waals surface area contributed by atoms with Crippen molar-refractivity contribution in [1.29, 1.82) is 0 Å². The first-order valence-corrected chi connectivity index (χ1v) is 7.33. The summed E-state index contributed by atoms with van der Waals surface area (Å²) in [5.74, 6) is 0. The van der Waals surface area contributed by atoms with Gasteiger partial charge in [-0.1, -0.05) is 23.7 Å². The van der Waals surface area contributed by atoms with Crippen LogP contribution in [0, 0.1) is 0 Å². The van der Waals surface area contributed by atoms with Crippen LogP contribution < -0.4 is 5.73 Å². The molecule has 19 heavy (non-hydrogen) atoms. The lowest BCUT2D eigenvalue weighted by atomic mass is 10.0. The summed E-state index contributed by atoms with van der Waals surface area (Å²) < 4.78 is 5.44. The Kier molecular flexibility index (Phi) is 5.64. The van der Waals surface area contributed by atoms with Crippen molar-refractivity contribution in [2.24, 2.45) is 5.73 Å². The van der Waals surface area contributed by atoms with Crippen LogP contribution in [0.2, 0.25) is 5.02 Å². The van der Waals surface area contributed by atoms with Gasteiger partial charge in [0.05, 0.1) is 6.10 Å². The number of nitrogens with two attached hydrogens (primary N) is 1. The molecular weight excluding hydrogens is 260 g/mol. The van der Waals surface area contributed by atoms with Crippen LogP contribution in [0.5, 0.6) is 0 Å². The van der Waals surface area contributed by atoms with E-state index >= 15 is 0 Å². The minimum Gasteiger partial charge on any atom is -0.380 e. The van der Waals surface area contributed by atoms with E-state index in [0.29, 0.717) is 6.10 Å². The van der Waals surface area contributed by atoms with E-state index in [2.05, 4.69) is 4.90 Å². The van der Waals surface area contributed by atoms with Gasteiger partial charge in [-0.2, -0.15) is 0 Å². The molecule has 1 aromatic rings. The predicted octanol–water partition coefficient (Wildman–Crippen LogP) is 2.84. The van der Waals surface area contributed by atoms with Gasteiger partial charge >= 0.3 is 0 Å². The van der Waals surface area contributed by atoms with E-state index in [0.717, 1.165) is 36.6 Å². The highest BCUT2D eigenvalue weighted by atomic mass is 35.5. The van der Waals surface area contributed by atoms with E-state index in [1.807, 2.05) is 24.3 Å². The second kappa shape index (κ2) is 7.25. The van der Waals surface area contributed by atoms with Gasteiger partial charge in [0.2, 0.25) is 0 Å². The lowest BCUT2D eigenvalue weighted by molar-refractivity contribution is 0.0305. The SMILES string of the molecule is COC1CCCN(CCC(N)c2ccc(Cl)cc2)C1. The maximum absolute atomic E-state index is 6.23. The molecule has 1 saturated heterocycles. The van der Waals surface area contributed by atoms with Crippen LogP contribution >= 0.6 is 11.6 Å². The van der Waals surface area contributed by atoms with Gasteiger partial charge in [0.25, 0.3) is 0 Å². The quantitative estimate of drug-likeness (QED) is 0.902. The molecule has 2 rings (SSSR count). The molecule has 4 heteroatoms. The molecule has 1 aliphatic rings. The maximum Gasteiger partial charge on any atom is 0.0698 e.